The fraction of sp³-hybridized carbons (Fsp3) is 0.500. The van der Waals surface area contributed by atoms with E-state index >= 15 is 0 Å². The molecule has 0 radical (unpaired) electrons. The average Bonchev–Trinajstić information content (AvgIpc) is 3.42. The van der Waals surface area contributed by atoms with Crippen molar-refractivity contribution in [3.63, 3.8) is 0 Å². The van der Waals surface area contributed by atoms with Crippen LogP contribution in [0.5, 0.6) is 0 Å². The highest BCUT2D eigenvalue weighted by atomic mass is 32.1. The minimum atomic E-state index is -3.00. The van der Waals surface area contributed by atoms with Crippen molar-refractivity contribution in [1.82, 2.24) is 24.8 Å². The summed E-state index contributed by atoms with van der Waals surface area (Å²) in [6.45, 7) is -0.900. The van der Waals surface area contributed by atoms with Gasteiger partial charge in [0.2, 0.25) is 6.43 Å². The second-order valence-electron chi connectivity index (χ2n) is 9.60. The number of likely N-dealkylation sites (tertiary alicyclic amines) is 1. The zero-order valence-corrected chi connectivity index (χ0v) is 22.0. The molecule has 2 atom stereocenters. The number of nitrogens with zero attached hydrogens (tertiary/aromatic N) is 2. The van der Waals surface area contributed by atoms with E-state index in [2.05, 4.69) is 20.0 Å². The van der Waals surface area contributed by atoms with Gasteiger partial charge >= 0.3 is 12.7 Å². The van der Waals surface area contributed by atoms with E-state index in [1.165, 1.54) is 4.90 Å². The molecule has 0 saturated carbocycles. The molecule has 1 aromatic carbocycles. The van der Waals surface area contributed by atoms with Crippen LogP contribution in [0.25, 0.3) is 11.0 Å². The Kier molecular flexibility index (Phi) is 9.78. The monoisotopic (exact) mass is 569 g/mol. The number of ether oxygens (including phenoxy) is 1. The number of aromatic nitrogens is 3. The minimum absolute atomic E-state index is 0.118. The third-order valence-electron chi connectivity index (χ3n) is 7.07. The number of nitrogens with one attached hydrogen (secondary N) is 3. The van der Waals surface area contributed by atoms with Crippen molar-refractivity contribution < 1.29 is 27.1 Å². The number of alkyl halides is 4. The molecule has 0 aliphatic carbocycles. The Morgan fingerprint density at radius 3 is 2.56 bits per heavy atom. The number of piperidine rings is 2. The molecule has 0 spiro atoms. The zero-order valence-electron chi connectivity index (χ0n) is 21.2. The lowest BCUT2D eigenvalue weighted by Crippen LogP contribution is -2.36. The first-order valence-corrected chi connectivity index (χ1v) is 13.3. The van der Waals surface area contributed by atoms with E-state index in [1.54, 1.807) is 6.20 Å². The zero-order chi connectivity index (χ0) is 27.9. The summed E-state index contributed by atoms with van der Waals surface area (Å²) in [4.78, 5) is 29.8. The van der Waals surface area contributed by atoms with E-state index in [1.807, 2.05) is 34.9 Å². The first kappa shape index (κ1) is 28.8. The second kappa shape index (κ2) is 13.2. The quantitative estimate of drug-likeness (QED) is 0.276. The number of carbonyl (C=O) groups is 1. The lowest BCUT2D eigenvalue weighted by atomic mass is 9.87. The van der Waals surface area contributed by atoms with E-state index in [9.17, 15) is 27.2 Å². The van der Waals surface area contributed by atoms with Gasteiger partial charge in [0.1, 0.15) is 5.52 Å². The van der Waals surface area contributed by atoms with Crippen molar-refractivity contribution in [3.05, 3.63) is 62.8 Å². The lowest BCUT2D eigenvalue weighted by Gasteiger charge is -2.31. The molecule has 2 fully saturated rings. The topological polar surface area (TPSA) is 95.2 Å². The predicted octanol–water partition coefficient (Wildman–Crippen LogP) is 5.57. The summed E-state index contributed by atoms with van der Waals surface area (Å²) in [5, 5.41) is 3.37. The van der Waals surface area contributed by atoms with Crippen LogP contribution < -0.4 is 10.9 Å². The highest BCUT2D eigenvalue weighted by Crippen LogP contribution is 2.33. The number of benzene rings is 1. The fourth-order valence-corrected chi connectivity index (χ4v) is 5.35. The molecule has 2 saturated heterocycles. The number of amides is 1. The van der Waals surface area contributed by atoms with Crippen molar-refractivity contribution in [1.29, 1.82) is 0 Å². The number of hydrogen-bond donors (Lipinski definition) is 3. The summed E-state index contributed by atoms with van der Waals surface area (Å²) in [6, 6.07) is 9.50. The number of fused-ring (bicyclic) bond motifs is 1. The van der Waals surface area contributed by atoms with Crippen LogP contribution in [0, 0.1) is 10.7 Å². The molecule has 2 aliphatic heterocycles. The van der Waals surface area contributed by atoms with Gasteiger partial charge in [-0.1, -0.05) is 24.3 Å². The van der Waals surface area contributed by atoms with Gasteiger partial charge in [0.05, 0.1) is 12.1 Å². The molecule has 5 rings (SSSR count). The van der Waals surface area contributed by atoms with Gasteiger partial charge in [-0.25, -0.2) is 13.6 Å². The van der Waals surface area contributed by atoms with E-state index in [0.717, 1.165) is 35.9 Å². The van der Waals surface area contributed by atoms with Crippen molar-refractivity contribution in [3.8, 4) is 0 Å². The molecule has 0 bridgehead atoms. The lowest BCUT2D eigenvalue weighted by molar-refractivity contribution is -0.0929. The molecule has 39 heavy (non-hydrogen) atoms. The van der Waals surface area contributed by atoms with Gasteiger partial charge in [0, 0.05) is 31.2 Å². The number of carbonyl (C=O) groups excluding carboxylic acids is 1. The van der Waals surface area contributed by atoms with Crippen molar-refractivity contribution in [2.45, 2.75) is 57.7 Å². The Morgan fingerprint density at radius 2 is 1.85 bits per heavy atom. The van der Waals surface area contributed by atoms with Crippen LogP contribution in [0.3, 0.4) is 0 Å². The standard InChI is InChI=1S/C19H20F2N4OS.C7H11F2NO2/c20-17(21)11-5-7-22-14(9-11)13-4-2-1-3-12(13)10-25-15-6-8-23-16(15)18(26)24-19(25)27;8-6(9)12-7(11)10-4-2-1-3-5-10/h1-4,6,8,11,14,17,22-23H,5,7,9-10H2,(H,24,26,27);6H,1-5H2/t11-,14+;/m0./s1. The molecule has 2 aromatic heterocycles. The average molecular weight is 570 g/mol. The maximum Gasteiger partial charge on any atom is 0.414 e. The van der Waals surface area contributed by atoms with Crippen molar-refractivity contribution >= 4 is 29.3 Å². The molecule has 1 amide bonds. The Bertz CT molecular complexity index is 1370. The molecule has 0 unspecified atom stereocenters. The maximum atomic E-state index is 13.2. The SMILES string of the molecule is O=C(OC(F)F)N1CCCCC1.O=c1[nH]c(=S)n(Cc2ccccc2[C@H]2C[C@@H](C(F)F)CCN2)c2cc[nH]c12. The first-order valence-electron chi connectivity index (χ1n) is 12.9. The van der Waals surface area contributed by atoms with Gasteiger partial charge in [0.15, 0.2) is 4.77 Å². The van der Waals surface area contributed by atoms with Crippen molar-refractivity contribution in [2.24, 2.45) is 5.92 Å². The second-order valence-corrected chi connectivity index (χ2v) is 9.99. The summed E-state index contributed by atoms with van der Waals surface area (Å²) in [7, 11) is 0. The number of rotatable bonds is 5. The Hall–Kier alpha value is -3.19. The number of aromatic amines is 2. The van der Waals surface area contributed by atoms with Crippen LogP contribution >= 0.6 is 12.2 Å². The van der Waals surface area contributed by atoms with Crippen molar-refractivity contribution in [2.75, 3.05) is 19.6 Å². The maximum absolute atomic E-state index is 13.2. The molecular formula is C26H31F4N5O3S. The fourth-order valence-electron chi connectivity index (χ4n) is 5.09. The minimum Gasteiger partial charge on any atom is -0.386 e. The van der Waals surface area contributed by atoms with Gasteiger partial charge in [0.25, 0.3) is 5.56 Å². The highest BCUT2D eigenvalue weighted by molar-refractivity contribution is 7.71. The summed E-state index contributed by atoms with van der Waals surface area (Å²) in [5.74, 6) is -0.587. The third-order valence-corrected chi connectivity index (χ3v) is 7.39. The first-order chi connectivity index (χ1) is 18.7. The van der Waals surface area contributed by atoms with Gasteiger partial charge in [-0.3, -0.25) is 9.78 Å². The predicted molar refractivity (Wildman–Crippen MR) is 141 cm³/mol. The summed E-state index contributed by atoms with van der Waals surface area (Å²) in [5.41, 5.74) is 2.93. The Morgan fingerprint density at radius 1 is 1.10 bits per heavy atom. The van der Waals surface area contributed by atoms with E-state index in [-0.39, 0.29) is 11.6 Å². The van der Waals surface area contributed by atoms with E-state index < -0.39 is 25.0 Å². The highest BCUT2D eigenvalue weighted by Gasteiger charge is 2.30. The molecule has 4 heterocycles. The summed E-state index contributed by atoms with van der Waals surface area (Å²) >= 11 is 5.36. The van der Waals surface area contributed by atoms with Crippen LogP contribution in [-0.4, -0.2) is 58.2 Å². The summed E-state index contributed by atoms with van der Waals surface area (Å²) < 4.78 is 55.5. The molecule has 2 aliphatic rings. The Balaban J connectivity index is 0.000000247. The molecule has 3 N–H and O–H groups in total. The normalized spacial score (nSPS) is 19.7. The van der Waals surface area contributed by atoms with Crippen LogP contribution in [0.2, 0.25) is 0 Å². The molecule has 3 aromatic rings. The molecular weight excluding hydrogens is 538 g/mol. The Labute approximate surface area is 227 Å². The van der Waals surface area contributed by atoms with Gasteiger partial charge in [-0.15, -0.1) is 0 Å². The van der Waals surface area contributed by atoms with Crippen LogP contribution in [0.4, 0.5) is 22.4 Å². The largest absolute Gasteiger partial charge is 0.414 e. The van der Waals surface area contributed by atoms with Crippen LogP contribution in [0.1, 0.15) is 49.3 Å². The molecule has 13 heteroatoms. The van der Waals surface area contributed by atoms with E-state index in [4.69, 9.17) is 12.2 Å². The third kappa shape index (κ3) is 7.27. The molecule has 8 nitrogen and oxygen atoms in total. The van der Waals surface area contributed by atoms with E-state index in [0.29, 0.717) is 49.3 Å². The smallest absolute Gasteiger partial charge is 0.386 e. The van der Waals surface area contributed by atoms with Crippen LogP contribution in [-0.2, 0) is 11.3 Å². The van der Waals surface area contributed by atoms with Crippen LogP contribution in [0.15, 0.2) is 41.3 Å². The number of hydrogen-bond acceptors (Lipinski definition) is 5. The summed E-state index contributed by atoms with van der Waals surface area (Å²) in [6.07, 6.45) is 2.21. The molecule has 212 valence electrons. The van der Waals surface area contributed by atoms with Gasteiger partial charge < -0.3 is 24.5 Å². The number of H-pyrrole nitrogens is 2. The van der Waals surface area contributed by atoms with Gasteiger partial charge in [-0.05, 0) is 68.1 Å². The number of halogens is 4. The van der Waals surface area contributed by atoms with Gasteiger partial charge in [-0.2, -0.15) is 8.78 Å².